The number of nitro groups is 1. The van der Waals surface area contributed by atoms with Crippen LogP contribution in [0.1, 0.15) is 36.1 Å². The van der Waals surface area contributed by atoms with E-state index in [1.165, 1.54) is 0 Å². The SMILES string of the molecule is Cc1cnc(CNCCC2CCCO2)c(C)c1[N+](=O)[O-]. The Hall–Kier alpha value is -1.53. The van der Waals surface area contributed by atoms with Crippen LogP contribution in [0.25, 0.3) is 0 Å². The molecule has 1 atom stereocenters. The van der Waals surface area contributed by atoms with Crippen LogP contribution in [0.4, 0.5) is 5.69 Å². The highest BCUT2D eigenvalue weighted by molar-refractivity contribution is 5.47. The standard InChI is InChI=1S/C14H21N3O3/c1-10-8-16-13(11(2)14(10)17(18)19)9-15-6-5-12-4-3-7-20-12/h8,12,15H,3-7,9H2,1-2H3. The minimum atomic E-state index is -0.331. The van der Waals surface area contributed by atoms with E-state index in [4.69, 9.17) is 4.74 Å². The third-order valence-electron chi connectivity index (χ3n) is 3.72. The van der Waals surface area contributed by atoms with Crippen LogP contribution < -0.4 is 5.32 Å². The van der Waals surface area contributed by atoms with Gasteiger partial charge in [-0.3, -0.25) is 15.1 Å². The Balaban J connectivity index is 1.89. The van der Waals surface area contributed by atoms with Crippen molar-refractivity contribution < 1.29 is 9.66 Å². The van der Waals surface area contributed by atoms with Crippen LogP contribution in [0.2, 0.25) is 0 Å². The molecule has 0 amide bonds. The van der Waals surface area contributed by atoms with E-state index in [0.29, 0.717) is 23.8 Å². The highest BCUT2D eigenvalue weighted by atomic mass is 16.6. The zero-order valence-electron chi connectivity index (χ0n) is 12.0. The Kier molecular flexibility index (Phi) is 5.03. The van der Waals surface area contributed by atoms with Gasteiger partial charge in [0.2, 0.25) is 0 Å². The van der Waals surface area contributed by atoms with Crippen molar-refractivity contribution in [3.8, 4) is 0 Å². The zero-order chi connectivity index (χ0) is 14.5. The van der Waals surface area contributed by atoms with Crippen molar-refractivity contribution in [3.05, 3.63) is 33.1 Å². The quantitative estimate of drug-likeness (QED) is 0.491. The van der Waals surface area contributed by atoms with Crippen LogP contribution in [0.5, 0.6) is 0 Å². The molecule has 1 aromatic rings. The first-order valence-corrected chi connectivity index (χ1v) is 7.01. The summed E-state index contributed by atoms with van der Waals surface area (Å²) in [5.41, 5.74) is 2.18. The smallest absolute Gasteiger partial charge is 0.278 e. The number of aryl methyl sites for hydroxylation is 1. The van der Waals surface area contributed by atoms with Crippen LogP contribution in [-0.2, 0) is 11.3 Å². The van der Waals surface area contributed by atoms with Gasteiger partial charge in [-0.15, -0.1) is 0 Å². The van der Waals surface area contributed by atoms with E-state index in [0.717, 1.165) is 38.1 Å². The van der Waals surface area contributed by atoms with Gasteiger partial charge in [-0.1, -0.05) is 0 Å². The van der Waals surface area contributed by atoms with E-state index in [1.807, 2.05) is 0 Å². The maximum absolute atomic E-state index is 11.0. The van der Waals surface area contributed by atoms with Crippen LogP contribution in [-0.4, -0.2) is 29.2 Å². The van der Waals surface area contributed by atoms with Crippen molar-refractivity contribution in [2.75, 3.05) is 13.2 Å². The summed E-state index contributed by atoms with van der Waals surface area (Å²) >= 11 is 0. The van der Waals surface area contributed by atoms with E-state index in [1.54, 1.807) is 20.0 Å². The fourth-order valence-corrected chi connectivity index (χ4v) is 2.57. The molecule has 6 heteroatoms. The van der Waals surface area contributed by atoms with Crippen LogP contribution >= 0.6 is 0 Å². The molecule has 2 heterocycles. The van der Waals surface area contributed by atoms with Crippen LogP contribution in [0.3, 0.4) is 0 Å². The molecule has 0 aromatic carbocycles. The monoisotopic (exact) mass is 279 g/mol. The predicted molar refractivity (Wildman–Crippen MR) is 75.7 cm³/mol. The molecule has 1 fully saturated rings. The molecule has 110 valence electrons. The second-order valence-corrected chi connectivity index (χ2v) is 5.22. The average molecular weight is 279 g/mol. The van der Waals surface area contributed by atoms with Gasteiger partial charge in [-0.05, 0) is 39.7 Å². The third-order valence-corrected chi connectivity index (χ3v) is 3.72. The number of pyridine rings is 1. The summed E-state index contributed by atoms with van der Waals surface area (Å²) in [4.78, 5) is 15.0. The molecule has 1 saturated heterocycles. The van der Waals surface area contributed by atoms with E-state index >= 15 is 0 Å². The molecule has 20 heavy (non-hydrogen) atoms. The van der Waals surface area contributed by atoms with E-state index < -0.39 is 0 Å². The molecule has 2 rings (SSSR count). The number of nitrogens with zero attached hydrogens (tertiary/aromatic N) is 2. The summed E-state index contributed by atoms with van der Waals surface area (Å²) in [5.74, 6) is 0. The largest absolute Gasteiger partial charge is 0.378 e. The van der Waals surface area contributed by atoms with E-state index in [-0.39, 0.29) is 10.6 Å². The number of rotatable bonds is 6. The molecule has 1 aliphatic heterocycles. The number of hydrogen-bond acceptors (Lipinski definition) is 5. The highest BCUT2D eigenvalue weighted by Crippen LogP contribution is 2.23. The van der Waals surface area contributed by atoms with Crippen molar-refractivity contribution in [1.29, 1.82) is 0 Å². The second-order valence-electron chi connectivity index (χ2n) is 5.22. The predicted octanol–water partition coefficient (Wildman–Crippen LogP) is 2.27. The van der Waals surface area contributed by atoms with Crippen molar-refractivity contribution in [3.63, 3.8) is 0 Å². The summed E-state index contributed by atoms with van der Waals surface area (Å²) in [6.07, 6.45) is 5.20. The highest BCUT2D eigenvalue weighted by Gasteiger charge is 2.18. The molecule has 0 aliphatic carbocycles. The minimum Gasteiger partial charge on any atom is -0.378 e. The molecule has 6 nitrogen and oxygen atoms in total. The van der Waals surface area contributed by atoms with Crippen LogP contribution in [0, 0.1) is 24.0 Å². The van der Waals surface area contributed by atoms with Gasteiger partial charge >= 0.3 is 0 Å². The Morgan fingerprint density at radius 3 is 3.00 bits per heavy atom. The van der Waals surface area contributed by atoms with Gasteiger partial charge in [0.25, 0.3) is 5.69 Å². The Bertz CT molecular complexity index is 485. The summed E-state index contributed by atoms with van der Waals surface area (Å²) in [6, 6.07) is 0. The lowest BCUT2D eigenvalue weighted by Gasteiger charge is -2.11. The van der Waals surface area contributed by atoms with Gasteiger partial charge in [0.05, 0.1) is 16.7 Å². The second kappa shape index (κ2) is 6.76. The first-order chi connectivity index (χ1) is 9.59. The zero-order valence-corrected chi connectivity index (χ0v) is 12.0. The molecule has 0 radical (unpaired) electrons. The maximum atomic E-state index is 11.0. The maximum Gasteiger partial charge on any atom is 0.278 e. The first kappa shape index (κ1) is 14.9. The summed E-state index contributed by atoms with van der Waals surface area (Å²) in [7, 11) is 0. The third kappa shape index (κ3) is 3.52. The molecule has 0 spiro atoms. The van der Waals surface area contributed by atoms with Crippen LogP contribution in [0.15, 0.2) is 6.20 Å². The lowest BCUT2D eigenvalue weighted by Crippen LogP contribution is -2.21. The van der Waals surface area contributed by atoms with Gasteiger partial charge in [0, 0.05) is 30.5 Å². The Morgan fingerprint density at radius 2 is 2.35 bits per heavy atom. The van der Waals surface area contributed by atoms with E-state index in [2.05, 4.69) is 10.3 Å². The molecular weight excluding hydrogens is 258 g/mol. The van der Waals surface area contributed by atoms with Gasteiger partial charge in [-0.2, -0.15) is 0 Å². The summed E-state index contributed by atoms with van der Waals surface area (Å²) in [5, 5.41) is 14.3. The lowest BCUT2D eigenvalue weighted by molar-refractivity contribution is -0.386. The van der Waals surface area contributed by atoms with Gasteiger partial charge in [-0.25, -0.2) is 0 Å². The summed E-state index contributed by atoms with van der Waals surface area (Å²) < 4.78 is 5.55. The van der Waals surface area contributed by atoms with Crippen molar-refractivity contribution in [2.24, 2.45) is 0 Å². The Morgan fingerprint density at radius 1 is 1.55 bits per heavy atom. The fourth-order valence-electron chi connectivity index (χ4n) is 2.57. The molecule has 1 aliphatic rings. The number of aromatic nitrogens is 1. The molecule has 0 saturated carbocycles. The molecule has 1 unspecified atom stereocenters. The summed E-state index contributed by atoms with van der Waals surface area (Å²) in [6.45, 7) is 5.74. The number of ether oxygens (including phenoxy) is 1. The van der Waals surface area contributed by atoms with Gasteiger partial charge in [0.1, 0.15) is 0 Å². The minimum absolute atomic E-state index is 0.177. The molecule has 0 bridgehead atoms. The molecule has 1 aromatic heterocycles. The van der Waals surface area contributed by atoms with Crippen molar-refractivity contribution in [1.82, 2.24) is 10.3 Å². The fraction of sp³-hybridized carbons (Fsp3) is 0.643. The Labute approximate surface area is 118 Å². The number of hydrogen-bond donors (Lipinski definition) is 1. The topological polar surface area (TPSA) is 77.3 Å². The average Bonchev–Trinajstić information content (AvgIpc) is 2.89. The van der Waals surface area contributed by atoms with Crippen molar-refractivity contribution >= 4 is 5.69 Å². The lowest BCUT2D eigenvalue weighted by atomic mass is 10.1. The first-order valence-electron chi connectivity index (χ1n) is 7.01. The van der Waals surface area contributed by atoms with Gasteiger partial charge in [0.15, 0.2) is 0 Å². The normalized spacial score (nSPS) is 18.4. The number of nitrogens with one attached hydrogen (secondary N) is 1. The molecule has 1 N–H and O–H groups in total. The van der Waals surface area contributed by atoms with Gasteiger partial charge < -0.3 is 10.1 Å². The van der Waals surface area contributed by atoms with E-state index in [9.17, 15) is 10.1 Å². The molecular formula is C14H21N3O3. The van der Waals surface area contributed by atoms with Crippen molar-refractivity contribution in [2.45, 2.75) is 45.8 Å².